The quantitative estimate of drug-likeness (QED) is 0.747. The number of hydrogen-bond acceptors (Lipinski definition) is 8. The van der Waals surface area contributed by atoms with E-state index in [1.807, 2.05) is 11.8 Å². The molecule has 2 atom stereocenters. The Morgan fingerprint density at radius 2 is 2.10 bits per heavy atom. The average molecular weight is 314 g/mol. The number of aromatic nitrogens is 3. The minimum absolute atomic E-state index is 0.135. The van der Waals surface area contributed by atoms with Crippen molar-refractivity contribution >= 4 is 28.6 Å². The number of morpholine rings is 1. The van der Waals surface area contributed by atoms with Crippen LogP contribution in [0.15, 0.2) is 0 Å². The summed E-state index contributed by atoms with van der Waals surface area (Å²) in [5, 5.41) is 3.25. The van der Waals surface area contributed by atoms with E-state index >= 15 is 0 Å². The Morgan fingerprint density at radius 3 is 2.76 bits per heavy atom. The van der Waals surface area contributed by atoms with Gasteiger partial charge in [-0.1, -0.05) is 6.92 Å². The van der Waals surface area contributed by atoms with Crippen molar-refractivity contribution in [2.45, 2.75) is 18.6 Å². The summed E-state index contributed by atoms with van der Waals surface area (Å²) in [6.45, 7) is 5.41. The number of nitrogens with two attached hydrogens (primary N) is 1. The lowest BCUT2D eigenvalue weighted by Gasteiger charge is -2.26. The van der Waals surface area contributed by atoms with Gasteiger partial charge in [0.15, 0.2) is 0 Å². The van der Waals surface area contributed by atoms with E-state index in [1.165, 1.54) is 0 Å². The second-order valence-electron chi connectivity index (χ2n) is 4.94. The predicted molar refractivity (Wildman–Crippen MR) is 83.9 cm³/mol. The molecule has 0 aliphatic carbocycles. The topological polar surface area (TPSA) is 106 Å². The minimum Gasteiger partial charge on any atom is -0.378 e. The standard InChI is InChI=1S/C12H22N6O2S/c1-9(21(2)19)3-4-14-11-15-10(13)16-12(17-11)18-5-7-20-8-6-18/h9H,3-8H2,1-2H3,(H3,13,14,15,16,17). The zero-order valence-corrected chi connectivity index (χ0v) is 13.2. The third kappa shape index (κ3) is 4.78. The predicted octanol–water partition coefficient (Wildman–Crippen LogP) is -0.141. The highest BCUT2D eigenvalue weighted by Crippen LogP contribution is 2.13. The van der Waals surface area contributed by atoms with Crippen LogP contribution in [0.1, 0.15) is 13.3 Å². The van der Waals surface area contributed by atoms with Gasteiger partial charge in [0, 0.05) is 41.9 Å². The first-order chi connectivity index (χ1) is 10.1. The Labute approximate surface area is 127 Å². The Hall–Kier alpha value is -1.48. The largest absolute Gasteiger partial charge is 0.378 e. The fourth-order valence-corrected chi connectivity index (χ4v) is 2.37. The maximum atomic E-state index is 11.3. The highest BCUT2D eigenvalue weighted by atomic mass is 32.2. The van der Waals surface area contributed by atoms with Crippen LogP contribution >= 0.6 is 0 Å². The highest BCUT2D eigenvalue weighted by molar-refractivity contribution is 7.84. The monoisotopic (exact) mass is 314 g/mol. The number of hydrogen-bond donors (Lipinski definition) is 2. The van der Waals surface area contributed by atoms with E-state index in [-0.39, 0.29) is 11.2 Å². The van der Waals surface area contributed by atoms with Crippen LogP contribution in [0.5, 0.6) is 0 Å². The molecule has 1 fully saturated rings. The van der Waals surface area contributed by atoms with Gasteiger partial charge in [0.05, 0.1) is 13.2 Å². The molecule has 8 nitrogen and oxygen atoms in total. The molecule has 1 aromatic heterocycles. The summed E-state index contributed by atoms with van der Waals surface area (Å²) in [4.78, 5) is 14.7. The van der Waals surface area contributed by atoms with E-state index in [2.05, 4.69) is 20.3 Å². The van der Waals surface area contributed by atoms with Gasteiger partial charge in [-0.25, -0.2) is 0 Å². The van der Waals surface area contributed by atoms with Crippen molar-refractivity contribution < 1.29 is 8.95 Å². The van der Waals surface area contributed by atoms with E-state index in [0.717, 1.165) is 19.5 Å². The molecule has 21 heavy (non-hydrogen) atoms. The molecule has 0 aromatic carbocycles. The molecule has 0 radical (unpaired) electrons. The summed E-state index contributed by atoms with van der Waals surface area (Å²) in [6.07, 6.45) is 2.49. The van der Waals surface area contributed by atoms with E-state index in [4.69, 9.17) is 10.5 Å². The molecule has 1 aliphatic rings. The molecule has 0 saturated carbocycles. The van der Waals surface area contributed by atoms with Crippen LogP contribution in [0.2, 0.25) is 0 Å². The number of anilines is 3. The Bertz CT molecular complexity index is 495. The van der Waals surface area contributed by atoms with Crippen LogP contribution < -0.4 is 16.0 Å². The molecule has 2 unspecified atom stereocenters. The summed E-state index contributed by atoms with van der Waals surface area (Å²) < 4.78 is 16.6. The van der Waals surface area contributed by atoms with Crippen LogP contribution in [0.25, 0.3) is 0 Å². The van der Waals surface area contributed by atoms with Gasteiger partial charge in [-0.05, 0) is 6.42 Å². The number of ether oxygens (including phenoxy) is 1. The maximum absolute atomic E-state index is 11.3. The summed E-state index contributed by atoms with van der Waals surface area (Å²) in [6, 6.07) is 0. The molecule has 118 valence electrons. The Kier molecular flexibility index (Phi) is 5.68. The molecule has 2 heterocycles. The smallest absolute Gasteiger partial charge is 0.232 e. The van der Waals surface area contributed by atoms with Gasteiger partial charge < -0.3 is 20.7 Å². The lowest BCUT2D eigenvalue weighted by Crippen LogP contribution is -2.37. The first kappa shape index (κ1) is 15.9. The van der Waals surface area contributed by atoms with Gasteiger partial charge in [0.1, 0.15) is 0 Å². The van der Waals surface area contributed by atoms with Crippen molar-refractivity contribution in [2.24, 2.45) is 0 Å². The molecule has 1 saturated heterocycles. The first-order valence-corrected chi connectivity index (χ1v) is 8.58. The molecule has 3 N–H and O–H groups in total. The maximum Gasteiger partial charge on any atom is 0.232 e. The third-order valence-electron chi connectivity index (χ3n) is 3.34. The van der Waals surface area contributed by atoms with E-state index in [1.54, 1.807) is 6.26 Å². The minimum atomic E-state index is -0.821. The second-order valence-corrected chi connectivity index (χ2v) is 6.74. The van der Waals surface area contributed by atoms with Crippen molar-refractivity contribution in [3.63, 3.8) is 0 Å². The molecule has 0 amide bonds. The van der Waals surface area contributed by atoms with Crippen molar-refractivity contribution in [3.8, 4) is 0 Å². The number of nitrogens with zero attached hydrogens (tertiary/aromatic N) is 4. The zero-order chi connectivity index (χ0) is 15.2. The zero-order valence-electron chi connectivity index (χ0n) is 12.4. The van der Waals surface area contributed by atoms with Gasteiger partial charge >= 0.3 is 0 Å². The van der Waals surface area contributed by atoms with Crippen molar-refractivity contribution in [3.05, 3.63) is 0 Å². The Balaban J connectivity index is 1.96. The van der Waals surface area contributed by atoms with Gasteiger partial charge in [-0.15, -0.1) is 0 Å². The van der Waals surface area contributed by atoms with Crippen LogP contribution in [-0.4, -0.2) is 63.5 Å². The van der Waals surface area contributed by atoms with Gasteiger partial charge in [0.2, 0.25) is 17.8 Å². The van der Waals surface area contributed by atoms with E-state index in [9.17, 15) is 4.21 Å². The molecule has 9 heteroatoms. The molecular formula is C12H22N6O2S. The summed E-state index contributed by atoms with van der Waals surface area (Å²) in [5.41, 5.74) is 5.74. The van der Waals surface area contributed by atoms with E-state index in [0.29, 0.717) is 31.7 Å². The summed E-state index contributed by atoms with van der Waals surface area (Å²) in [7, 11) is -0.821. The molecule has 1 aromatic rings. The summed E-state index contributed by atoms with van der Waals surface area (Å²) >= 11 is 0. The lowest BCUT2D eigenvalue weighted by atomic mass is 10.3. The van der Waals surface area contributed by atoms with Crippen LogP contribution in [-0.2, 0) is 15.5 Å². The second kappa shape index (κ2) is 7.51. The molecule has 0 spiro atoms. The molecule has 1 aliphatic heterocycles. The van der Waals surface area contributed by atoms with Crippen molar-refractivity contribution in [2.75, 3.05) is 55.1 Å². The fraction of sp³-hybridized carbons (Fsp3) is 0.750. The SMILES string of the molecule is CC(CCNc1nc(N)nc(N2CCOCC2)n1)S(C)=O. The van der Waals surface area contributed by atoms with Crippen LogP contribution in [0, 0.1) is 0 Å². The van der Waals surface area contributed by atoms with Gasteiger partial charge in [-0.3, -0.25) is 4.21 Å². The van der Waals surface area contributed by atoms with Gasteiger partial charge in [-0.2, -0.15) is 15.0 Å². The molecule has 2 rings (SSSR count). The molecule has 0 bridgehead atoms. The van der Waals surface area contributed by atoms with Crippen molar-refractivity contribution in [1.82, 2.24) is 15.0 Å². The van der Waals surface area contributed by atoms with Crippen LogP contribution in [0.3, 0.4) is 0 Å². The Morgan fingerprint density at radius 1 is 1.38 bits per heavy atom. The summed E-state index contributed by atoms with van der Waals surface area (Å²) in [5.74, 6) is 1.22. The first-order valence-electron chi connectivity index (χ1n) is 6.96. The molecular weight excluding hydrogens is 292 g/mol. The normalized spacial score (nSPS) is 18.3. The van der Waals surface area contributed by atoms with Crippen LogP contribution in [0.4, 0.5) is 17.8 Å². The highest BCUT2D eigenvalue weighted by Gasteiger charge is 2.16. The third-order valence-corrected chi connectivity index (χ3v) is 4.70. The fourth-order valence-electron chi connectivity index (χ4n) is 1.92. The van der Waals surface area contributed by atoms with Gasteiger partial charge in [0.25, 0.3) is 0 Å². The lowest BCUT2D eigenvalue weighted by molar-refractivity contribution is 0.122. The van der Waals surface area contributed by atoms with Crippen molar-refractivity contribution in [1.29, 1.82) is 0 Å². The van der Waals surface area contributed by atoms with E-state index < -0.39 is 10.8 Å². The number of rotatable bonds is 6. The number of nitrogen functional groups attached to an aromatic ring is 1. The average Bonchev–Trinajstić information content (AvgIpc) is 2.47. The number of nitrogens with one attached hydrogen (secondary N) is 1.